The highest BCUT2D eigenvalue weighted by Crippen LogP contribution is 2.25. The van der Waals surface area contributed by atoms with E-state index < -0.39 is 21.9 Å². The van der Waals surface area contributed by atoms with Gasteiger partial charge in [0.15, 0.2) is 0 Å². The molecule has 2 amide bonds. The Kier molecular flexibility index (Phi) is 5.69. The molecule has 2 aromatic rings. The third kappa shape index (κ3) is 4.23. The van der Waals surface area contributed by atoms with Gasteiger partial charge in [-0.05, 0) is 31.2 Å². The maximum absolute atomic E-state index is 13.8. The van der Waals surface area contributed by atoms with E-state index in [2.05, 4.69) is 5.32 Å². The highest BCUT2D eigenvalue weighted by molar-refractivity contribution is 7.89. The fourth-order valence-electron chi connectivity index (χ4n) is 2.79. The van der Waals surface area contributed by atoms with Crippen molar-refractivity contribution in [3.8, 4) is 0 Å². The molecule has 0 saturated carbocycles. The number of hydrogen-bond acceptors (Lipinski definition) is 3. The van der Waals surface area contributed by atoms with Gasteiger partial charge < -0.3 is 10.2 Å². The van der Waals surface area contributed by atoms with E-state index in [0.717, 1.165) is 5.56 Å². The highest BCUT2D eigenvalue weighted by atomic mass is 35.5. The molecule has 1 aliphatic heterocycles. The van der Waals surface area contributed by atoms with Gasteiger partial charge in [0, 0.05) is 26.2 Å². The minimum atomic E-state index is -3.61. The summed E-state index contributed by atoms with van der Waals surface area (Å²) in [7, 11) is -3.61. The average molecular weight is 412 g/mol. The van der Waals surface area contributed by atoms with Gasteiger partial charge in [-0.1, -0.05) is 35.4 Å². The number of amides is 2. The summed E-state index contributed by atoms with van der Waals surface area (Å²) >= 11 is 5.91. The van der Waals surface area contributed by atoms with Gasteiger partial charge in [0.25, 0.3) is 0 Å². The number of halogens is 2. The van der Waals surface area contributed by atoms with E-state index in [0.29, 0.717) is 0 Å². The van der Waals surface area contributed by atoms with Crippen molar-refractivity contribution in [2.75, 3.05) is 31.5 Å². The van der Waals surface area contributed by atoms with Crippen LogP contribution in [-0.2, 0) is 10.0 Å². The van der Waals surface area contributed by atoms with Crippen molar-refractivity contribution in [3.63, 3.8) is 0 Å². The number of nitrogens with zero attached hydrogens (tertiary/aromatic N) is 2. The number of urea groups is 1. The Labute approximate surface area is 162 Å². The molecular weight excluding hydrogens is 393 g/mol. The number of benzene rings is 2. The molecule has 144 valence electrons. The molecule has 0 radical (unpaired) electrons. The maximum Gasteiger partial charge on any atom is 0.322 e. The van der Waals surface area contributed by atoms with Crippen molar-refractivity contribution < 1.29 is 17.6 Å². The molecule has 1 heterocycles. The summed E-state index contributed by atoms with van der Waals surface area (Å²) in [5.74, 6) is -0.628. The van der Waals surface area contributed by atoms with Gasteiger partial charge in [-0.2, -0.15) is 4.31 Å². The molecule has 9 heteroatoms. The molecular formula is C18H19ClFN3O3S. The SMILES string of the molecule is Cc1ccc(S(=O)(=O)N2CCN(C(=O)Nc3c(F)cccc3Cl)CC2)cc1. The van der Waals surface area contributed by atoms with Gasteiger partial charge in [-0.25, -0.2) is 17.6 Å². The number of aryl methyl sites for hydroxylation is 1. The van der Waals surface area contributed by atoms with Crippen molar-refractivity contribution in [1.82, 2.24) is 9.21 Å². The molecule has 0 unspecified atom stereocenters. The van der Waals surface area contributed by atoms with E-state index in [-0.39, 0.29) is 41.8 Å². The first-order chi connectivity index (χ1) is 12.8. The van der Waals surface area contributed by atoms with Gasteiger partial charge >= 0.3 is 6.03 Å². The second kappa shape index (κ2) is 7.84. The highest BCUT2D eigenvalue weighted by Gasteiger charge is 2.30. The molecule has 2 aromatic carbocycles. The van der Waals surface area contributed by atoms with Gasteiger partial charge in [-0.15, -0.1) is 0 Å². The Morgan fingerprint density at radius 1 is 1.07 bits per heavy atom. The number of carbonyl (C=O) groups is 1. The molecule has 27 heavy (non-hydrogen) atoms. The van der Waals surface area contributed by atoms with Gasteiger partial charge in [-0.3, -0.25) is 0 Å². The van der Waals surface area contributed by atoms with Crippen LogP contribution in [0, 0.1) is 12.7 Å². The molecule has 1 N–H and O–H groups in total. The molecule has 1 saturated heterocycles. The topological polar surface area (TPSA) is 69.7 Å². The summed E-state index contributed by atoms with van der Waals surface area (Å²) in [6, 6.07) is 10.2. The number of sulfonamides is 1. The fourth-order valence-corrected chi connectivity index (χ4v) is 4.43. The Bertz CT molecular complexity index is 923. The van der Waals surface area contributed by atoms with Crippen molar-refractivity contribution in [3.05, 3.63) is 58.9 Å². The van der Waals surface area contributed by atoms with E-state index in [1.165, 1.54) is 27.4 Å². The van der Waals surface area contributed by atoms with Crippen LogP contribution < -0.4 is 5.32 Å². The van der Waals surface area contributed by atoms with Crippen LogP contribution in [-0.4, -0.2) is 49.8 Å². The second-order valence-corrected chi connectivity index (χ2v) is 8.58. The Morgan fingerprint density at radius 2 is 1.70 bits per heavy atom. The Hall–Kier alpha value is -2.16. The smallest absolute Gasteiger partial charge is 0.322 e. The van der Waals surface area contributed by atoms with Crippen LogP contribution in [0.5, 0.6) is 0 Å². The lowest BCUT2D eigenvalue weighted by Gasteiger charge is -2.34. The lowest BCUT2D eigenvalue weighted by molar-refractivity contribution is 0.184. The first-order valence-corrected chi connectivity index (χ1v) is 10.2. The van der Waals surface area contributed by atoms with Crippen LogP contribution in [0.25, 0.3) is 0 Å². The van der Waals surface area contributed by atoms with Gasteiger partial charge in [0.2, 0.25) is 10.0 Å². The first-order valence-electron chi connectivity index (χ1n) is 8.36. The molecule has 1 aliphatic rings. The lowest BCUT2D eigenvalue weighted by atomic mass is 10.2. The van der Waals surface area contributed by atoms with E-state index in [1.807, 2.05) is 6.92 Å². The molecule has 0 atom stereocenters. The van der Waals surface area contributed by atoms with Crippen molar-refractivity contribution in [2.45, 2.75) is 11.8 Å². The molecule has 6 nitrogen and oxygen atoms in total. The fraction of sp³-hybridized carbons (Fsp3) is 0.278. The maximum atomic E-state index is 13.8. The Balaban J connectivity index is 1.64. The summed E-state index contributed by atoms with van der Waals surface area (Å²) < 4.78 is 40.5. The summed E-state index contributed by atoms with van der Waals surface area (Å²) in [6.07, 6.45) is 0. The van der Waals surface area contributed by atoms with Crippen LogP contribution in [0.1, 0.15) is 5.56 Å². The standard InChI is InChI=1S/C18H19ClFN3O3S/c1-13-5-7-14(8-6-13)27(25,26)23-11-9-22(10-12-23)18(24)21-17-15(19)3-2-4-16(17)20/h2-8H,9-12H2,1H3,(H,21,24). The van der Waals surface area contributed by atoms with Gasteiger partial charge in [0.05, 0.1) is 15.6 Å². The monoisotopic (exact) mass is 411 g/mol. The number of para-hydroxylation sites is 1. The molecule has 0 aliphatic carbocycles. The van der Waals surface area contributed by atoms with Crippen LogP contribution in [0.15, 0.2) is 47.4 Å². The number of piperazine rings is 1. The normalized spacial score (nSPS) is 15.6. The van der Waals surface area contributed by atoms with Crippen molar-refractivity contribution >= 4 is 33.3 Å². The van der Waals surface area contributed by atoms with Crippen LogP contribution in [0.2, 0.25) is 5.02 Å². The van der Waals surface area contributed by atoms with Crippen molar-refractivity contribution in [2.24, 2.45) is 0 Å². The minimum Gasteiger partial charge on any atom is -0.322 e. The summed E-state index contributed by atoms with van der Waals surface area (Å²) in [6.45, 7) is 2.60. The summed E-state index contributed by atoms with van der Waals surface area (Å²) in [5, 5.41) is 2.55. The van der Waals surface area contributed by atoms with Crippen molar-refractivity contribution in [1.29, 1.82) is 0 Å². The minimum absolute atomic E-state index is 0.0844. The second-order valence-electron chi connectivity index (χ2n) is 6.23. The van der Waals surface area contributed by atoms with Crippen LogP contribution in [0.3, 0.4) is 0 Å². The zero-order chi connectivity index (χ0) is 19.6. The number of carbonyl (C=O) groups excluding carboxylic acids is 1. The van der Waals surface area contributed by atoms with E-state index in [4.69, 9.17) is 11.6 Å². The number of anilines is 1. The first kappa shape index (κ1) is 19.6. The van der Waals surface area contributed by atoms with E-state index in [1.54, 1.807) is 24.3 Å². The number of rotatable bonds is 3. The van der Waals surface area contributed by atoms with E-state index >= 15 is 0 Å². The summed E-state index contributed by atoms with van der Waals surface area (Å²) in [5.41, 5.74) is 0.890. The third-order valence-electron chi connectivity index (χ3n) is 4.38. The molecule has 1 fully saturated rings. The number of hydrogen-bond donors (Lipinski definition) is 1. The van der Waals surface area contributed by atoms with Gasteiger partial charge in [0.1, 0.15) is 5.82 Å². The molecule has 3 rings (SSSR count). The number of nitrogens with one attached hydrogen (secondary N) is 1. The predicted molar refractivity (Wildman–Crippen MR) is 102 cm³/mol. The van der Waals surface area contributed by atoms with Crippen LogP contribution >= 0.6 is 11.6 Å². The average Bonchev–Trinajstić information content (AvgIpc) is 2.65. The Morgan fingerprint density at radius 3 is 2.30 bits per heavy atom. The zero-order valence-electron chi connectivity index (χ0n) is 14.7. The molecule has 0 bridgehead atoms. The largest absolute Gasteiger partial charge is 0.322 e. The van der Waals surface area contributed by atoms with E-state index in [9.17, 15) is 17.6 Å². The third-order valence-corrected chi connectivity index (χ3v) is 6.61. The quantitative estimate of drug-likeness (QED) is 0.842. The molecule has 0 spiro atoms. The molecule has 0 aromatic heterocycles. The predicted octanol–water partition coefficient (Wildman–Crippen LogP) is 3.33. The summed E-state index contributed by atoms with van der Waals surface area (Å²) in [4.78, 5) is 14.0. The lowest BCUT2D eigenvalue weighted by Crippen LogP contribution is -2.51. The van der Waals surface area contributed by atoms with Crippen LogP contribution in [0.4, 0.5) is 14.9 Å². The zero-order valence-corrected chi connectivity index (χ0v) is 16.2.